The molecule has 0 aliphatic carbocycles. The number of hydrogen-bond acceptors (Lipinski definition) is 2. The second kappa shape index (κ2) is 16.4. The molecule has 9 aromatic carbocycles. The highest BCUT2D eigenvalue weighted by Gasteiger charge is 2.29. The molecule has 0 saturated heterocycles. The van der Waals surface area contributed by atoms with Gasteiger partial charge in [-0.3, -0.25) is 13.7 Å². The van der Waals surface area contributed by atoms with Gasteiger partial charge in [-0.15, -0.1) is 0 Å². The topological polar surface area (TPSA) is 35.9 Å². The highest BCUT2D eigenvalue weighted by atomic mass is 16.5. The number of para-hydroxylation sites is 3. The molecule has 0 unspecified atom stereocenters. The lowest BCUT2D eigenvalue weighted by atomic mass is 9.83. The molecule has 4 heterocycles. The largest absolute Gasteiger partial charge is 0.458 e. The molecule has 340 valence electrons. The Hall–Kier alpha value is -8.80. The second-order valence-electron chi connectivity index (χ2n) is 18.9. The molecule has 0 saturated carbocycles. The molecule has 0 N–H and O–H groups in total. The fourth-order valence-electron chi connectivity index (χ4n) is 10.5. The quantitative estimate of drug-likeness (QED) is 0.123. The highest BCUT2D eigenvalue weighted by molar-refractivity contribution is 6.10. The minimum atomic E-state index is -2.78. The fraction of sp³-hybridized carbons (Fsp3) is 0.0909. The molecular weight excluding hydrogens is 865 g/mol. The first-order valence-corrected chi connectivity index (χ1v) is 23.5. The SMILES string of the molecule is [2H]c1c([2H])c([2H])c(-c2cccc3c2-c2cccc(-c4c(C([2H])([2H])[2H])cccc4C([2H])([2H])[2H])c2-[n+]2[c-]n(-c4cccc(Oc5ccc6c7ccccc7n(-c7cc(C(C)(C)C)ccn7)c6c5)c4)c4cccc(c42)-c2ccccc2-3)c([2H])c1[2H]. The van der Waals surface area contributed by atoms with Crippen LogP contribution in [0.5, 0.6) is 11.5 Å². The summed E-state index contributed by atoms with van der Waals surface area (Å²) in [6.07, 6.45) is 5.55. The summed E-state index contributed by atoms with van der Waals surface area (Å²) < 4.78 is 111. The zero-order valence-corrected chi connectivity index (χ0v) is 39.0. The summed E-state index contributed by atoms with van der Waals surface area (Å²) in [5.74, 6) is 1.89. The van der Waals surface area contributed by atoms with Gasteiger partial charge in [0.15, 0.2) is 0 Å². The summed E-state index contributed by atoms with van der Waals surface area (Å²) in [5, 5.41) is 2.12. The first-order valence-electron chi connectivity index (χ1n) is 29.0. The van der Waals surface area contributed by atoms with Crippen LogP contribution in [0.25, 0.3) is 106 Å². The van der Waals surface area contributed by atoms with E-state index >= 15 is 0 Å². The van der Waals surface area contributed by atoms with Gasteiger partial charge in [0.05, 0.1) is 40.3 Å². The Balaban J connectivity index is 1.08. The molecule has 1 aliphatic rings. The van der Waals surface area contributed by atoms with E-state index in [1.165, 1.54) is 18.2 Å². The molecule has 5 nitrogen and oxygen atoms in total. The van der Waals surface area contributed by atoms with Crippen molar-refractivity contribution < 1.29 is 24.4 Å². The summed E-state index contributed by atoms with van der Waals surface area (Å²) in [5.41, 5.74) is 9.28. The van der Waals surface area contributed by atoms with Crippen LogP contribution in [0.3, 0.4) is 0 Å². The third kappa shape index (κ3) is 6.91. The van der Waals surface area contributed by atoms with Crippen LogP contribution in [0.15, 0.2) is 212 Å². The first-order chi connectivity index (χ1) is 39.2. The Labute approximate surface area is 429 Å². The summed E-state index contributed by atoms with van der Waals surface area (Å²) in [4.78, 5) is 4.87. The van der Waals surface area contributed by atoms with Gasteiger partial charge in [-0.2, -0.15) is 0 Å². The van der Waals surface area contributed by atoms with Crippen molar-refractivity contribution in [1.82, 2.24) is 14.1 Å². The van der Waals surface area contributed by atoms with Crippen LogP contribution in [0.2, 0.25) is 0 Å². The molecule has 0 bridgehead atoms. The van der Waals surface area contributed by atoms with Crippen LogP contribution in [0.4, 0.5) is 0 Å². The summed E-state index contributed by atoms with van der Waals surface area (Å²) in [7, 11) is 0. The molecule has 5 heteroatoms. The molecule has 0 spiro atoms. The number of ether oxygens (including phenoxy) is 1. The van der Waals surface area contributed by atoms with Crippen molar-refractivity contribution in [2.24, 2.45) is 0 Å². The molecule has 13 rings (SSSR count). The summed E-state index contributed by atoms with van der Waals surface area (Å²) in [6, 6.07) is 52.5. The minimum absolute atomic E-state index is 0.0127. The normalized spacial score (nSPS) is 14.6. The van der Waals surface area contributed by atoms with Crippen molar-refractivity contribution in [1.29, 1.82) is 0 Å². The van der Waals surface area contributed by atoms with Crippen molar-refractivity contribution in [3.05, 3.63) is 235 Å². The Morgan fingerprint density at radius 2 is 1.18 bits per heavy atom. The standard InChI is InChI=1S/C66H50N4O/c1-42-18-13-19-43(2)62(42)56-30-16-31-57-63-49(44-20-7-6-8-21-44)27-15-28-54(63)50-24-9-10-25-51(50)55-29-17-33-59-65(55)69(64(56)57)41-68(59)46-22-14-23-47(39-46)71-48-34-35-53-52-26-11-12-32-58(52)70(60(53)40-48)61-38-45(36-37-67-61)66(3,4)5/h6-40H,1-5H3/i1D3,2D3,6D,7D,8D,20D,21D. The average molecular weight is 926 g/mol. The Kier molecular flexibility index (Phi) is 7.42. The molecule has 1 aliphatic heterocycles. The van der Waals surface area contributed by atoms with Crippen molar-refractivity contribution in [3.63, 3.8) is 0 Å². The van der Waals surface area contributed by atoms with Gasteiger partial charge in [0.1, 0.15) is 17.3 Å². The van der Waals surface area contributed by atoms with Gasteiger partial charge in [-0.05, 0) is 140 Å². The molecule has 0 amide bonds. The number of aryl methyl sites for hydroxylation is 2. The third-order valence-corrected chi connectivity index (χ3v) is 13.7. The molecular formula is C66H50N4O. The zero-order chi connectivity index (χ0) is 57.3. The van der Waals surface area contributed by atoms with Gasteiger partial charge in [0.2, 0.25) is 0 Å². The van der Waals surface area contributed by atoms with Gasteiger partial charge >= 0.3 is 0 Å². The maximum atomic E-state index is 9.32. The van der Waals surface area contributed by atoms with E-state index in [4.69, 9.17) is 22.1 Å². The Morgan fingerprint density at radius 1 is 0.549 bits per heavy atom. The number of nitrogens with zero attached hydrogens (tertiary/aromatic N) is 4. The van der Waals surface area contributed by atoms with Crippen LogP contribution in [-0.2, 0) is 5.41 Å². The zero-order valence-electron chi connectivity index (χ0n) is 50.0. The van der Waals surface area contributed by atoms with E-state index < -0.39 is 43.9 Å². The lowest BCUT2D eigenvalue weighted by Crippen LogP contribution is -2.32. The fourth-order valence-corrected chi connectivity index (χ4v) is 10.5. The molecule has 0 fully saturated rings. The van der Waals surface area contributed by atoms with Crippen LogP contribution in [-0.4, -0.2) is 14.1 Å². The molecule has 0 radical (unpaired) electrons. The highest BCUT2D eigenvalue weighted by Crippen LogP contribution is 2.49. The van der Waals surface area contributed by atoms with Crippen LogP contribution in [0.1, 0.15) is 52.5 Å². The van der Waals surface area contributed by atoms with Gasteiger partial charge in [0, 0.05) is 31.3 Å². The number of imidazole rings is 1. The summed E-state index contributed by atoms with van der Waals surface area (Å²) in [6.45, 7) is 0.983. The van der Waals surface area contributed by atoms with Crippen LogP contribution in [0, 0.1) is 20.0 Å². The molecule has 3 aromatic heterocycles. The first kappa shape index (κ1) is 32.1. The monoisotopic (exact) mass is 925 g/mol. The maximum absolute atomic E-state index is 9.32. The number of rotatable bonds is 6. The van der Waals surface area contributed by atoms with Gasteiger partial charge in [-0.1, -0.05) is 172 Å². The number of pyridine rings is 1. The molecule has 71 heavy (non-hydrogen) atoms. The minimum Gasteiger partial charge on any atom is -0.458 e. The van der Waals surface area contributed by atoms with Gasteiger partial charge in [-0.25, -0.2) is 4.98 Å². The second-order valence-corrected chi connectivity index (χ2v) is 18.9. The molecule has 12 aromatic rings. The third-order valence-electron chi connectivity index (χ3n) is 13.7. The van der Waals surface area contributed by atoms with Crippen molar-refractivity contribution in [2.75, 3.05) is 0 Å². The number of benzene rings is 9. The number of aromatic nitrogens is 4. The van der Waals surface area contributed by atoms with Crippen LogP contribution >= 0.6 is 0 Å². The smallest absolute Gasteiger partial charge is 0.269 e. The number of fused-ring (bicyclic) bond motifs is 10. The van der Waals surface area contributed by atoms with E-state index in [2.05, 4.69) is 62.0 Å². The van der Waals surface area contributed by atoms with Crippen LogP contribution < -0.4 is 9.30 Å². The number of hydrogen-bond donors (Lipinski definition) is 0. The maximum Gasteiger partial charge on any atom is 0.269 e. The van der Waals surface area contributed by atoms with Crippen molar-refractivity contribution >= 4 is 32.8 Å². The van der Waals surface area contributed by atoms with Gasteiger partial charge < -0.3 is 4.74 Å². The van der Waals surface area contributed by atoms with E-state index in [-0.39, 0.29) is 33.2 Å². The predicted octanol–water partition coefficient (Wildman–Crippen LogP) is 16.6. The van der Waals surface area contributed by atoms with E-state index in [0.29, 0.717) is 56.2 Å². The predicted molar refractivity (Wildman–Crippen MR) is 291 cm³/mol. The van der Waals surface area contributed by atoms with Crippen molar-refractivity contribution in [3.8, 4) is 84.3 Å². The van der Waals surface area contributed by atoms with E-state index in [1.54, 1.807) is 24.3 Å². The van der Waals surface area contributed by atoms with E-state index in [0.717, 1.165) is 49.9 Å². The summed E-state index contributed by atoms with van der Waals surface area (Å²) >= 11 is 0. The van der Waals surface area contributed by atoms with Crippen molar-refractivity contribution in [2.45, 2.75) is 39.9 Å². The average Bonchev–Trinajstić information content (AvgIpc) is 2.17. The Morgan fingerprint density at radius 3 is 1.99 bits per heavy atom. The van der Waals surface area contributed by atoms with E-state index in [9.17, 15) is 2.74 Å². The van der Waals surface area contributed by atoms with E-state index in [1.807, 2.05) is 118 Å². The molecule has 0 atom stereocenters. The lowest BCUT2D eigenvalue weighted by molar-refractivity contribution is -0.570. The lowest BCUT2D eigenvalue weighted by Gasteiger charge is -2.22. The Bertz CT molecular complexity index is 4580. The van der Waals surface area contributed by atoms with Gasteiger partial charge in [0.25, 0.3) is 6.33 Å².